The molecule has 3 heterocycles. The maximum absolute atomic E-state index is 6.02. The van der Waals surface area contributed by atoms with Gasteiger partial charge in [-0.3, -0.25) is 0 Å². The fraction of sp³-hybridized carbons (Fsp3) is 0.0556. The molecule has 5 aromatic rings. The van der Waals surface area contributed by atoms with Crippen LogP contribution in [0.3, 0.4) is 0 Å². The van der Waals surface area contributed by atoms with Gasteiger partial charge in [0.15, 0.2) is 5.76 Å². The van der Waals surface area contributed by atoms with Crippen LogP contribution in [0.1, 0.15) is 5.56 Å². The van der Waals surface area contributed by atoms with E-state index in [1.807, 2.05) is 55.5 Å². The molecule has 5 rings (SSSR count). The van der Waals surface area contributed by atoms with Gasteiger partial charge < -0.3 is 4.42 Å². The summed E-state index contributed by atoms with van der Waals surface area (Å²) in [6.45, 7) is 2.03. The number of fused-ring (bicyclic) bond motifs is 2. The van der Waals surface area contributed by atoms with Crippen molar-refractivity contribution in [3.05, 3.63) is 58.6 Å². The molecule has 0 spiro atoms. The number of furan rings is 1. The second-order valence-electron chi connectivity index (χ2n) is 5.69. The van der Waals surface area contributed by atoms with Gasteiger partial charge in [-0.05, 0) is 25.1 Å². The molecule has 3 aromatic heterocycles. The topological polar surface area (TPSA) is 56.2 Å². The fourth-order valence-electron chi connectivity index (χ4n) is 2.88. The third-order valence-corrected chi connectivity index (χ3v) is 5.55. The van der Waals surface area contributed by atoms with Gasteiger partial charge in [0, 0.05) is 21.0 Å². The van der Waals surface area contributed by atoms with Crippen LogP contribution < -0.4 is 0 Å². The second-order valence-corrected chi connectivity index (χ2v) is 7.56. The highest BCUT2D eigenvalue weighted by Crippen LogP contribution is 2.34. The summed E-state index contributed by atoms with van der Waals surface area (Å²) < 4.78 is 8.79. The number of aryl methyl sites for hydroxylation is 1. The molecule has 0 unspecified atom stereocenters. The van der Waals surface area contributed by atoms with Crippen LogP contribution >= 0.6 is 27.3 Å². The number of halogens is 1. The largest absolute Gasteiger partial charge is 0.452 e. The Morgan fingerprint density at radius 2 is 1.96 bits per heavy atom. The molecule has 0 radical (unpaired) electrons. The van der Waals surface area contributed by atoms with Crippen molar-refractivity contribution in [3.8, 4) is 22.2 Å². The molecule has 7 heteroatoms. The molecule has 25 heavy (non-hydrogen) atoms. The number of para-hydroxylation sites is 1. The van der Waals surface area contributed by atoms with Crippen molar-refractivity contribution in [1.29, 1.82) is 0 Å². The molecule has 0 saturated carbocycles. The first kappa shape index (κ1) is 14.8. The SMILES string of the molecule is Cc1c(-c2nnc3sc(-c4cccc(Br)c4)nn23)oc2ccccc12. The fourth-order valence-corrected chi connectivity index (χ4v) is 4.12. The van der Waals surface area contributed by atoms with E-state index in [9.17, 15) is 0 Å². The standard InChI is InChI=1S/C18H11BrN4OS/c1-10-13-7-2-3-8-14(13)24-15(10)16-20-21-18-23(16)22-17(25-18)11-5-4-6-12(19)9-11/h2-9H,1H3. The van der Waals surface area contributed by atoms with E-state index in [1.165, 1.54) is 11.3 Å². The number of benzene rings is 2. The summed E-state index contributed by atoms with van der Waals surface area (Å²) in [6.07, 6.45) is 0. The third-order valence-electron chi connectivity index (χ3n) is 4.11. The van der Waals surface area contributed by atoms with Crippen molar-refractivity contribution in [3.63, 3.8) is 0 Å². The molecular weight excluding hydrogens is 400 g/mol. The lowest BCUT2D eigenvalue weighted by atomic mass is 10.1. The summed E-state index contributed by atoms with van der Waals surface area (Å²) in [5.41, 5.74) is 2.92. The molecule has 0 aliphatic carbocycles. The molecule has 2 aromatic carbocycles. The maximum atomic E-state index is 6.02. The molecule has 0 fully saturated rings. The Balaban J connectivity index is 1.70. The Kier molecular flexibility index (Phi) is 3.26. The van der Waals surface area contributed by atoms with E-state index in [1.54, 1.807) is 4.52 Å². The highest BCUT2D eigenvalue weighted by atomic mass is 79.9. The lowest BCUT2D eigenvalue weighted by Crippen LogP contribution is -1.91. The smallest absolute Gasteiger partial charge is 0.235 e. The van der Waals surface area contributed by atoms with Crippen molar-refractivity contribution < 1.29 is 4.42 Å². The zero-order valence-electron chi connectivity index (χ0n) is 13.1. The van der Waals surface area contributed by atoms with Gasteiger partial charge in [0.05, 0.1) is 0 Å². The summed E-state index contributed by atoms with van der Waals surface area (Å²) in [4.78, 5) is 0.741. The number of nitrogens with zero attached hydrogens (tertiary/aromatic N) is 4. The quantitative estimate of drug-likeness (QED) is 0.394. The van der Waals surface area contributed by atoms with Crippen molar-refractivity contribution in [2.75, 3.05) is 0 Å². The third kappa shape index (κ3) is 2.31. The van der Waals surface area contributed by atoms with Gasteiger partial charge >= 0.3 is 0 Å². The Morgan fingerprint density at radius 3 is 2.80 bits per heavy atom. The Morgan fingerprint density at radius 1 is 1.08 bits per heavy atom. The molecule has 0 aliphatic heterocycles. The summed E-state index contributed by atoms with van der Waals surface area (Å²) >= 11 is 5.00. The predicted molar refractivity (Wildman–Crippen MR) is 102 cm³/mol. The summed E-state index contributed by atoms with van der Waals surface area (Å²) in [6, 6.07) is 16.0. The van der Waals surface area contributed by atoms with Gasteiger partial charge in [-0.1, -0.05) is 57.6 Å². The molecule has 122 valence electrons. The van der Waals surface area contributed by atoms with Crippen LogP contribution in [0.5, 0.6) is 0 Å². The van der Waals surface area contributed by atoms with E-state index in [4.69, 9.17) is 9.52 Å². The van der Waals surface area contributed by atoms with Crippen LogP contribution in [-0.2, 0) is 0 Å². The first-order valence-corrected chi connectivity index (χ1v) is 9.28. The number of rotatable bonds is 2. The van der Waals surface area contributed by atoms with Crippen LogP contribution in [0.15, 0.2) is 57.4 Å². The van der Waals surface area contributed by atoms with E-state index >= 15 is 0 Å². The van der Waals surface area contributed by atoms with Crippen LogP contribution in [0.4, 0.5) is 0 Å². The summed E-state index contributed by atoms with van der Waals surface area (Å²) in [5.74, 6) is 1.33. The molecule has 0 saturated heterocycles. The van der Waals surface area contributed by atoms with E-state index in [2.05, 4.69) is 26.1 Å². The number of hydrogen-bond donors (Lipinski definition) is 0. The molecule has 5 nitrogen and oxygen atoms in total. The average Bonchev–Trinajstić information content (AvgIpc) is 3.28. The van der Waals surface area contributed by atoms with Gasteiger partial charge in [-0.25, -0.2) is 0 Å². The van der Waals surface area contributed by atoms with Gasteiger partial charge in [-0.15, -0.1) is 10.2 Å². The van der Waals surface area contributed by atoms with E-state index in [0.717, 1.165) is 36.5 Å². The van der Waals surface area contributed by atoms with E-state index in [-0.39, 0.29) is 0 Å². The monoisotopic (exact) mass is 410 g/mol. The average molecular weight is 411 g/mol. The minimum atomic E-state index is 0.626. The second kappa shape index (κ2) is 5.50. The Labute approximate surface area is 155 Å². The minimum Gasteiger partial charge on any atom is -0.452 e. The van der Waals surface area contributed by atoms with Gasteiger partial charge in [-0.2, -0.15) is 9.61 Å². The summed E-state index contributed by atoms with van der Waals surface area (Å²) in [7, 11) is 0. The zero-order chi connectivity index (χ0) is 17.0. The molecule has 0 aliphatic rings. The first-order chi connectivity index (χ1) is 12.2. The molecular formula is C18H11BrN4OS. The van der Waals surface area contributed by atoms with Crippen molar-refractivity contribution in [1.82, 2.24) is 19.8 Å². The summed E-state index contributed by atoms with van der Waals surface area (Å²) in [5, 5.41) is 15.2. The van der Waals surface area contributed by atoms with Crippen LogP contribution in [-0.4, -0.2) is 19.8 Å². The predicted octanol–water partition coefficient (Wildman–Crippen LogP) is 5.34. The van der Waals surface area contributed by atoms with Gasteiger partial charge in [0.2, 0.25) is 10.8 Å². The molecule has 0 bridgehead atoms. The normalized spacial score (nSPS) is 11.6. The first-order valence-electron chi connectivity index (χ1n) is 7.67. The number of aromatic nitrogens is 4. The zero-order valence-corrected chi connectivity index (χ0v) is 15.5. The minimum absolute atomic E-state index is 0.626. The van der Waals surface area contributed by atoms with Crippen molar-refractivity contribution in [2.45, 2.75) is 6.92 Å². The lowest BCUT2D eigenvalue weighted by molar-refractivity contribution is 0.619. The van der Waals surface area contributed by atoms with Crippen LogP contribution in [0, 0.1) is 6.92 Å². The van der Waals surface area contributed by atoms with Gasteiger partial charge in [0.25, 0.3) is 0 Å². The van der Waals surface area contributed by atoms with Crippen molar-refractivity contribution >= 4 is 43.2 Å². The van der Waals surface area contributed by atoms with E-state index in [0.29, 0.717) is 11.6 Å². The van der Waals surface area contributed by atoms with Gasteiger partial charge in [0.1, 0.15) is 10.6 Å². The lowest BCUT2D eigenvalue weighted by Gasteiger charge is -1.96. The van der Waals surface area contributed by atoms with Crippen LogP contribution in [0.25, 0.3) is 38.1 Å². The van der Waals surface area contributed by atoms with E-state index < -0.39 is 0 Å². The Bertz CT molecular complexity index is 1240. The molecule has 0 N–H and O–H groups in total. The number of hydrogen-bond acceptors (Lipinski definition) is 5. The maximum Gasteiger partial charge on any atom is 0.235 e. The van der Waals surface area contributed by atoms with Crippen LogP contribution in [0.2, 0.25) is 0 Å². The Hall–Kier alpha value is -2.51. The molecule has 0 atom stereocenters. The van der Waals surface area contributed by atoms with Crippen molar-refractivity contribution in [2.24, 2.45) is 0 Å². The highest BCUT2D eigenvalue weighted by molar-refractivity contribution is 9.10. The molecule has 0 amide bonds. The highest BCUT2D eigenvalue weighted by Gasteiger charge is 2.20.